The maximum absolute atomic E-state index is 13.1. The summed E-state index contributed by atoms with van der Waals surface area (Å²) in [7, 11) is 3.35. The first-order valence-electron chi connectivity index (χ1n) is 9.49. The lowest BCUT2D eigenvalue weighted by Gasteiger charge is -2.09. The Morgan fingerprint density at radius 1 is 1.30 bits per heavy atom. The molecule has 154 valence electrons. The molecule has 0 unspecified atom stereocenters. The summed E-state index contributed by atoms with van der Waals surface area (Å²) in [5.74, 6) is 0. The number of aromatic nitrogens is 5. The van der Waals surface area contributed by atoms with Crippen molar-refractivity contribution in [3.05, 3.63) is 53.0 Å². The van der Waals surface area contributed by atoms with Gasteiger partial charge in [-0.3, -0.25) is 23.8 Å². The zero-order valence-corrected chi connectivity index (χ0v) is 17.1. The molecule has 4 rings (SSSR count). The normalized spacial score (nSPS) is 12.9. The number of fused-ring (bicyclic) bond motifs is 3. The number of hydrogen-bond acceptors (Lipinski definition) is 6. The molecule has 3 heterocycles. The van der Waals surface area contributed by atoms with Crippen molar-refractivity contribution in [3.63, 3.8) is 0 Å². The van der Waals surface area contributed by atoms with E-state index in [1.807, 2.05) is 24.4 Å². The van der Waals surface area contributed by atoms with Crippen LogP contribution in [0, 0.1) is 0 Å². The van der Waals surface area contributed by atoms with Crippen molar-refractivity contribution in [2.45, 2.75) is 13.5 Å². The van der Waals surface area contributed by atoms with Gasteiger partial charge in [-0.05, 0) is 24.6 Å². The quantitative estimate of drug-likeness (QED) is 0.489. The Morgan fingerprint density at radius 3 is 2.80 bits per heavy atom. The second-order valence-electron chi connectivity index (χ2n) is 7.07. The average molecular weight is 405 g/mol. The van der Waals surface area contributed by atoms with Gasteiger partial charge in [-0.25, -0.2) is 4.79 Å². The number of nitrogens with two attached hydrogens (primary N) is 1. The van der Waals surface area contributed by atoms with Crippen LogP contribution < -0.4 is 11.4 Å². The summed E-state index contributed by atoms with van der Waals surface area (Å²) in [6, 6.07) is 5.88. The minimum Gasteiger partial charge on any atom is -0.401 e. The third-order valence-corrected chi connectivity index (χ3v) is 5.08. The van der Waals surface area contributed by atoms with Crippen LogP contribution in [-0.4, -0.2) is 48.9 Å². The van der Waals surface area contributed by atoms with Gasteiger partial charge < -0.3 is 10.8 Å². The van der Waals surface area contributed by atoms with E-state index < -0.39 is 0 Å². The molecule has 30 heavy (non-hydrogen) atoms. The van der Waals surface area contributed by atoms with E-state index in [-0.39, 0.29) is 12.3 Å². The van der Waals surface area contributed by atoms with Crippen LogP contribution in [-0.2, 0) is 13.6 Å². The smallest absolute Gasteiger partial charge is 0.333 e. The Kier molecular flexibility index (Phi) is 4.96. The standard InChI is InChI=1S/C21H23N7O2/c1-13(22)18(10-23-2)28-20-16-8-14(15-9-25-27(12-15)6-7-29)4-5-17(16)24-11-19(20)26(3)21(28)30/h4-5,8-12,29H,6-7,22H2,1-3H3. The van der Waals surface area contributed by atoms with Gasteiger partial charge in [0.05, 0.1) is 47.8 Å². The van der Waals surface area contributed by atoms with Gasteiger partial charge in [0, 0.05) is 43.2 Å². The van der Waals surface area contributed by atoms with Crippen LogP contribution in [0.4, 0.5) is 0 Å². The third kappa shape index (κ3) is 3.09. The second-order valence-corrected chi connectivity index (χ2v) is 7.07. The summed E-state index contributed by atoms with van der Waals surface area (Å²) in [4.78, 5) is 21.7. The van der Waals surface area contributed by atoms with Gasteiger partial charge in [0.15, 0.2) is 0 Å². The molecule has 0 saturated heterocycles. The van der Waals surface area contributed by atoms with E-state index in [1.54, 1.807) is 53.4 Å². The number of imidazole rings is 1. The highest BCUT2D eigenvalue weighted by atomic mass is 16.3. The van der Waals surface area contributed by atoms with Gasteiger partial charge in [-0.15, -0.1) is 0 Å². The van der Waals surface area contributed by atoms with E-state index in [9.17, 15) is 4.79 Å². The first kappa shape index (κ1) is 19.6. The fraction of sp³-hybridized carbons (Fsp3) is 0.238. The number of allylic oxidation sites excluding steroid dienone is 2. The molecule has 0 radical (unpaired) electrons. The molecule has 3 N–H and O–H groups in total. The summed E-state index contributed by atoms with van der Waals surface area (Å²) in [5.41, 5.74) is 10.9. The van der Waals surface area contributed by atoms with Crippen molar-refractivity contribution in [1.29, 1.82) is 0 Å². The zero-order valence-electron chi connectivity index (χ0n) is 17.1. The Hall–Kier alpha value is -3.72. The molecule has 0 aliphatic heterocycles. The number of rotatable bonds is 5. The molecule has 0 amide bonds. The SMILES string of the molecule is CN=CC(=C(C)N)n1c(=O)n(C)c2cnc3ccc(-c4cnn(CCO)c4)cc3c21. The minimum absolute atomic E-state index is 0.0200. The first-order chi connectivity index (χ1) is 14.5. The van der Waals surface area contributed by atoms with Crippen molar-refractivity contribution >= 4 is 33.8 Å². The van der Waals surface area contributed by atoms with Gasteiger partial charge in [0.2, 0.25) is 0 Å². The molecular formula is C21H23N7O2. The number of aliphatic hydroxyl groups excluding tert-OH is 1. The van der Waals surface area contributed by atoms with Gasteiger partial charge >= 0.3 is 5.69 Å². The third-order valence-electron chi connectivity index (χ3n) is 5.08. The molecule has 9 nitrogen and oxygen atoms in total. The van der Waals surface area contributed by atoms with Crippen molar-refractivity contribution in [2.75, 3.05) is 13.7 Å². The molecule has 0 fully saturated rings. The van der Waals surface area contributed by atoms with Crippen LogP contribution in [0.2, 0.25) is 0 Å². The van der Waals surface area contributed by atoms with Crippen molar-refractivity contribution < 1.29 is 5.11 Å². The van der Waals surface area contributed by atoms with E-state index in [1.165, 1.54) is 0 Å². The van der Waals surface area contributed by atoms with Gasteiger partial charge in [-0.1, -0.05) is 6.07 Å². The molecule has 0 saturated carbocycles. The fourth-order valence-electron chi connectivity index (χ4n) is 3.60. The molecule has 0 spiro atoms. The predicted octanol–water partition coefficient (Wildman–Crippen LogP) is 1.59. The Morgan fingerprint density at radius 2 is 2.10 bits per heavy atom. The first-order valence-corrected chi connectivity index (χ1v) is 9.49. The number of aryl methyl sites for hydroxylation is 1. The van der Waals surface area contributed by atoms with Crippen LogP contribution in [0.25, 0.3) is 38.8 Å². The molecule has 3 aromatic heterocycles. The molecule has 4 aromatic rings. The van der Waals surface area contributed by atoms with Crippen LogP contribution in [0.5, 0.6) is 0 Å². The molecule has 0 bridgehead atoms. The molecule has 0 atom stereocenters. The monoisotopic (exact) mass is 405 g/mol. The van der Waals surface area contributed by atoms with Crippen LogP contribution >= 0.6 is 0 Å². The lowest BCUT2D eigenvalue weighted by molar-refractivity contribution is 0.269. The zero-order chi connectivity index (χ0) is 21.4. The van der Waals surface area contributed by atoms with E-state index >= 15 is 0 Å². The highest BCUT2D eigenvalue weighted by molar-refractivity contribution is 6.11. The highest BCUT2D eigenvalue weighted by Gasteiger charge is 2.18. The second kappa shape index (κ2) is 7.60. The predicted molar refractivity (Wildman–Crippen MR) is 118 cm³/mol. The molecule has 0 aliphatic rings. The van der Waals surface area contributed by atoms with Gasteiger partial charge in [0.25, 0.3) is 0 Å². The number of benzene rings is 1. The van der Waals surface area contributed by atoms with Gasteiger partial charge in [-0.2, -0.15) is 5.10 Å². The largest absolute Gasteiger partial charge is 0.401 e. The summed E-state index contributed by atoms with van der Waals surface area (Å²) in [5, 5.41) is 14.2. The topological polar surface area (TPSA) is 116 Å². The molecule has 9 heteroatoms. The number of aliphatic imine (C=N–C) groups is 1. The fourth-order valence-corrected chi connectivity index (χ4v) is 3.60. The lowest BCUT2D eigenvalue weighted by Crippen LogP contribution is -2.23. The molecule has 0 aliphatic carbocycles. The Bertz CT molecular complexity index is 1370. The van der Waals surface area contributed by atoms with E-state index in [0.717, 1.165) is 27.5 Å². The Balaban J connectivity index is 2.06. The summed E-state index contributed by atoms with van der Waals surface area (Å²) >= 11 is 0. The summed E-state index contributed by atoms with van der Waals surface area (Å²) < 4.78 is 4.83. The lowest BCUT2D eigenvalue weighted by atomic mass is 10.1. The maximum Gasteiger partial charge on any atom is 0.333 e. The van der Waals surface area contributed by atoms with Crippen molar-refractivity contribution in [1.82, 2.24) is 23.9 Å². The van der Waals surface area contributed by atoms with Crippen LogP contribution in [0.3, 0.4) is 0 Å². The van der Waals surface area contributed by atoms with Crippen LogP contribution in [0.1, 0.15) is 6.92 Å². The van der Waals surface area contributed by atoms with Crippen molar-refractivity contribution in [2.24, 2.45) is 17.8 Å². The van der Waals surface area contributed by atoms with E-state index in [4.69, 9.17) is 10.8 Å². The minimum atomic E-state index is -0.222. The van der Waals surface area contributed by atoms with E-state index in [0.29, 0.717) is 23.5 Å². The Labute approximate surface area is 172 Å². The highest BCUT2D eigenvalue weighted by Crippen LogP contribution is 2.29. The number of hydrogen-bond donors (Lipinski definition) is 2. The number of pyridine rings is 1. The van der Waals surface area contributed by atoms with Crippen LogP contribution in [0.15, 0.2) is 52.3 Å². The maximum atomic E-state index is 13.1. The summed E-state index contributed by atoms with van der Waals surface area (Å²) in [6.07, 6.45) is 6.91. The van der Waals surface area contributed by atoms with Crippen molar-refractivity contribution in [3.8, 4) is 11.1 Å². The summed E-state index contributed by atoms with van der Waals surface area (Å²) in [6.45, 7) is 2.19. The average Bonchev–Trinajstić information content (AvgIpc) is 3.30. The molecule has 1 aromatic carbocycles. The number of nitrogens with zero attached hydrogens (tertiary/aromatic N) is 6. The van der Waals surface area contributed by atoms with E-state index in [2.05, 4.69) is 15.1 Å². The number of aliphatic hydroxyl groups is 1. The molecular weight excluding hydrogens is 382 g/mol. The van der Waals surface area contributed by atoms with Gasteiger partial charge in [0.1, 0.15) is 0 Å².